The Morgan fingerprint density at radius 1 is 1.33 bits per heavy atom. The molecule has 1 aromatic heterocycles. The van der Waals surface area contributed by atoms with Crippen molar-refractivity contribution in [1.29, 1.82) is 0 Å². The molecule has 112 valence electrons. The van der Waals surface area contributed by atoms with E-state index in [4.69, 9.17) is 11.6 Å². The van der Waals surface area contributed by atoms with Gasteiger partial charge >= 0.3 is 0 Å². The molecular formula is C15H16ClFIN3. The number of hydrogen-bond donors (Lipinski definition) is 0. The molecule has 0 radical (unpaired) electrons. The summed E-state index contributed by atoms with van der Waals surface area (Å²) in [5, 5.41) is 0. The summed E-state index contributed by atoms with van der Waals surface area (Å²) in [4.78, 5) is 7.13. The number of hydrogen-bond acceptors (Lipinski definition) is 2. The summed E-state index contributed by atoms with van der Waals surface area (Å²) in [6, 6.07) is 3.82. The van der Waals surface area contributed by atoms with Gasteiger partial charge in [0.05, 0.1) is 26.5 Å². The van der Waals surface area contributed by atoms with Crippen LogP contribution in [0.2, 0.25) is 0 Å². The fourth-order valence-corrected chi connectivity index (χ4v) is 4.47. The lowest BCUT2D eigenvalue weighted by Crippen LogP contribution is -2.48. The first kappa shape index (κ1) is 14.2. The van der Waals surface area contributed by atoms with Gasteiger partial charge in [0, 0.05) is 12.6 Å². The van der Waals surface area contributed by atoms with Crippen LogP contribution in [0.5, 0.6) is 0 Å². The third-order valence-electron chi connectivity index (χ3n) is 4.88. The van der Waals surface area contributed by atoms with Gasteiger partial charge in [-0.2, -0.15) is 0 Å². The largest absolute Gasteiger partial charge is 0.322 e. The SMILES string of the molecule is Fc1cc2c(cc1I)nc(CCl)n2C1CN2CCC1CC2. The molecule has 3 aliphatic heterocycles. The topological polar surface area (TPSA) is 21.1 Å². The van der Waals surface area contributed by atoms with Crippen molar-refractivity contribution in [3.05, 3.63) is 27.3 Å². The average Bonchev–Trinajstić information content (AvgIpc) is 2.86. The van der Waals surface area contributed by atoms with E-state index in [-0.39, 0.29) is 5.82 Å². The highest BCUT2D eigenvalue weighted by Crippen LogP contribution is 2.38. The molecule has 3 aliphatic rings. The van der Waals surface area contributed by atoms with E-state index in [1.807, 2.05) is 28.7 Å². The second-order valence-corrected chi connectivity index (χ2v) is 7.42. The second-order valence-electron chi connectivity index (χ2n) is 5.99. The lowest BCUT2D eigenvalue weighted by Gasteiger charge is -2.45. The number of piperidine rings is 3. The van der Waals surface area contributed by atoms with Crippen LogP contribution in [0.4, 0.5) is 4.39 Å². The Hall–Kier alpha value is -0.400. The van der Waals surface area contributed by atoms with E-state index in [0.29, 0.717) is 21.4 Å². The van der Waals surface area contributed by atoms with Gasteiger partial charge in [0.1, 0.15) is 11.6 Å². The molecule has 3 saturated heterocycles. The average molecular weight is 420 g/mol. The molecule has 1 atom stereocenters. The normalized spacial score (nSPS) is 28.4. The van der Waals surface area contributed by atoms with Crippen molar-refractivity contribution >= 4 is 45.2 Å². The molecule has 3 fully saturated rings. The van der Waals surface area contributed by atoms with Gasteiger partial charge < -0.3 is 9.47 Å². The molecular weight excluding hydrogens is 404 g/mol. The number of nitrogens with zero attached hydrogens (tertiary/aromatic N) is 3. The van der Waals surface area contributed by atoms with Crippen molar-refractivity contribution in [2.45, 2.75) is 24.8 Å². The van der Waals surface area contributed by atoms with Gasteiger partial charge in [-0.15, -0.1) is 11.6 Å². The predicted molar refractivity (Wildman–Crippen MR) is 90.2 cm³/mol. The highest BCUT2D eigenvalue weighted by Gasteiger charge is 2.36. The van der Waals surface area contributed by atoms with Gasteiger partial charge in [0.15, 0.2) is 0 Å². The molecule has 5 rings (SSSR count). The Kier molecular flexibility index (Phi) is 3.62. The van der Waals surface area contributed by atoms with Crippen molar-refractivity contribution < 1.29 is 4.39 Å². The van der Waals surface area contributed by atoms with Crippen molar-refractivity contribution in [3.63, 3.8) is 0 Å². The van der Waals surface area contributed by atoms with Gasteiger partial charge in [0.2, 0.25) is 0 Å². The second kappa shape index (κ2) is 5.35. The van der Waals surface area contributed by atoms with E-state index >= 15 is 0 Å². The monoisotopic (exact) mass is 419 g/mol. The molecule has 1 unspecified atom stereocenters. The summed E-state index contributed by atoms with van der Waals surface area (Å²) in [7, 11) is 0. The van der Waals surface area contributed by atoms with Crippen LogP contribution in [-0.2, 0) is 5.88 Å². The Bertz CT molecular complexity index is 694. The first-order valence-corrected chi connectivity index (χ1v) is 8.93. The molecule has 0 spiro atoms. The number of alkyl halides is 1. The number of imidazole rings is 1. The van der Waals surface area contributed by atoms with Crippen LogP contribution in [0.1, 0.15) is 24.7 Å². The number of fused-ring (bicyclic) bond motifs is 4. The van der Waals surface area contributed by atoms with E-state index in [1.54, 1.807) is 6.07 Å². The molecule has 21 heavy (non-hydrogen) atoms. The number of benzene rings is 1. The van der Waals surface area contributed by atoms with Crippen molar-refractivity contribution in [2.24, 2.45) is 5.92 Å². The predicted octanol–water partition coefficient (Wildman–Crippen LogP) is 3.79. The molecule has 0 amide bonds. The highest BCUT2D eigenvalue weighted by atomic mass is 127. The third-order valence-corrected chi connectivity index (χ3v) is 5.94. The molecule has 0 saturated carbocycles. The zero-order valence-corrected chi connectivity index (χ0v) is 14.4. The molecule has 0 aliphatic carbocycles. The van der Waals surface area contributed by atoms with Crippen LogP contribution >= 0.6 is 34.2 Å². The van der Waals surface area contributed by atoms with Crippen LogP contribution in [0.15, 0.2) is 12.1 Å². The van der Waals surface area contributed by atoms with E-state index < -0.39 is 0 Å². The number of halogens is 3. The molecule has 3 nitrogen and oxygen atoms in total. The lowest BCUT2D eigenvalue weighted by atomic mass is 9.83. The Labute approximate surface area is 141 Å². The number of aromatic nitrogens is 2. The maximum Gasteiger partial charge on any atom is 0.138 e. The van der Waals surface area contributed by atoms with E-state index in [0.717, 1.165) is 23.4 Å². The Balaban J connectivity index is 1.88. The van der Waals surface area contributed by atoms with Crippen LogP contribution in [-0.4, -0.2) is 34.1 Å². The summed E-state index contributed by atoms with van der Waals surface area (Å²) in [5.41, 5.74) is 1.75. The van der Waals surface area contributed by atoms with Crippen LogP contribution in [0, 0.1) is 15.3 Å². The van der Waals surface area contributed by atoms with Gasteiger partial charge in [-0.05, 0) is 60.5 Å². The van der Waals surface area contributed by atoms with Gasteiger partial charge in [-0.1, -0.05) is 0 Å². The van der Waals surface area contributed by atoms with Crippen molar-refractivity contribution in [1.82, 2.24) is 14.5 Å². The van der Waals surface area contributed by atoms with Gasteiger partial charge in [-0.3, -0.25) is 0 Å². The third kappa shape index (κ3) is 2.28. The molecule has 0 N–H and O–H groups in total. The van der Waals surface area contributed by atoms with Crippen LogP contribution < -0.4 is 0 Å². The maximum atomic E-state index is 14.0. The zero-order chi connectivity index (χ0) is 14.6. The fourth-order valence-electron chi connectivity index (χ4n) is 3.83. The quantitative estimate of drug-likeness (QED) is 0.546. The van der Waals surface area contributed by atoms with Crippen LogP contribution in [0.25, 0.3) is 11.0 Å². The van der Waals surface area contributed by atoms with Crippen molar-refractivity contribution in [2.75, 3.05) is 19.6 Å². The van der Waals surface area contributed by atoms with E-state index in [1.165, 1.54) is 25.9 Å². The minimum atomic E-state index is -0.174. The summed E-state index contributed by atoms with van der Waals surface area (Å²) in [6.07, 6.45) is 2.44. The van der Waals surface area contributed by atoms with E-state index in [2.05, 4.69) is 14.5 Å². The van der Waals surface area contributed by atoms with E-state index in [9.17, 15) is 4.39 Å². The first-order chi connectivity index (χ1) is 10.2. The van der Waals surface area contributed by atoms with Crippen molar-refractivity contribution in [3.8, 4) is 0 Å². The van der Waals surface area contributed by atoms with Crippen LogP contribution in [0.3, 0.4) is 0 Å². The summed E-state index contributed by atoms with van der Waals surface area (Å²) >= 11 is 8.12. The smallest absolute Gasteiger partial charge is 0.138 e. The molecule has 2 bridgehead atoms. The molecule has 4 heterocycles. The van der Waals surface area contributed by atoms with Gasteiger partial charge in [0.25, 0.3) is 0 Å². The minimum Gasteiger partial charge on any atom is -0.322 e. The zero-order valence-electron chi connectivity index (χ0n) is 11.5. The van der Waals surface area contributed by atoms with Gasteiger partial charge in [-0.25, -0.2) is 9.37 Å². The lowest BCUT2D eigenvalue weighted by molar-refractivity contribution is 0.0578. The molecule has 1 aromatic carbocycles. The molecule has 6 heteroatoms. The fraction of sp³-hybridized carbons (Fsp3) is 0.533. The maximum absolute atomic E-state index is 14.0. The molecule has 2 aromatic rings. The minimum absolute atomic E-state index is 0.174. The highest BCUT2D eigenvalue weighted by molar-refractivity contribution is 14.1. The summed E-state index contributed by atoms with van der Waals surface area (Å²) in [5.74, 6) is 1.73. The standard InChI is InChI=1S/C15H16ClFIN3/c16-7-15-19-12-6-11(18)10(17)5-13(12)21(15)14-8-20-3-1-9(14)2-4-20/h5-6,9,14H,1-4,7-8H2. The summed E-state index contributed by atoms with van der Waals surface area (Å²) < 4.78 is 16.8. The summed E-state index contributed by atoms with van der Waals surface area (Å²) in [6.45, 7) is 3.42. The number of rotatable bonds is 2. The Morgan fingerprint density at radius 3 is 2.71 bits per heavy atom. The first-order valence-electron chi connectivity index (χ1n) is 7.31. The Morgan fingerprint density at radius 2 is 2.10 bits per heavy atom.